The van der Waals surface area contributed by atoms with Gasteiger partial charge in [0.05, 0.1) is 19.2 Å². The van der Waals surface area contributed by atoms with E-state index in [-0.39, 0.29) is 18.3 Å². The molecule has 0 saturated carbocycles. The summed E-state index contributed by atoms with van der Waals surface area (Å²) in [6, 6.07) is 11.8. The number of hydrogen-bond acceptors (Lipinski definition) is 7. The van der Waals surface area contributed by atoms with Crippen LogP contribution in [0.4, 0.5) is 13.2 Å². The fourth-order valence-corrected chi connectivity index (χ4v) is 3.52. The number of halogens is 3. The number of hydrogen-bond donors (Lipinski definition) is 0. The first-order valence-electron chi connectivity index (χ1n) is 10.6. The van der Waals surface area contributed by atoms with Crippen molar-refractivity contribution < 1.29 is 32.0 Å². The maximum atomic E-state index is 12.8. The number of carbonyl (C=O) groups is 1. The van der Waals surface area contributed by atoms with Crippen molar-refractivity contribution in [3.8, 4) is 22.9 Å². The van der Waals surface area contributed by atoms with Crippen LogP contribution in [0.5, 0.6) is 11.5 Å². The van der Waals surface area contributed by atoms with Crippen molar-refractivity contribution >= 4 is 5.91 Å². The molecule has 34 heavy (non-hydrogen) atoms. The number of amides is 1. The van der Waals surface area contributed by atoms with E-state index in [1.165, 1.54) is 12.1 Å². The predicted molar refractivity (Wildman–Crippen MR) is 115 cm³/mol. The molecule has 0 radical (unpaired) electrons. The summed E-state index contributed by atoms with van der Waals surface area (Å²) in [5, 5.41) is 4.02. The second kappa shape index (κ2) is 10.1. The van der Waals surface area contributed by atoms with Gasteiger partial charge in [-0.3, -0.25) is 9.69 Å². The lowest BCUT2D eigenvalue weighted by molar-refractivity contribution is -0.137. The van der Waals surface area contributed by atoms with Gasteiger partial charge >= 0.3 is 6.18 Å². The molecule has 1 amide bonds. The smallest absolute Gasteiger partial charge is 0.416 e. The molecule has 0 atom stereocenters. The van der Waals surface area contributed by atoms with Gasteiger partial charge in [0.2, 0.25) is 11.7 Å². The molecular formula is C23H23F3N4O4. The monoisotopic (exact) mass is 476 g/mol. The first kappa shape index (κ1) is 23.6. The lowest BCUT2D eigenvalue weighted by Crippen LogP contribution is -2.49. The number of benzene rings is 2. The third-order valence-electron chi connectivity index (χ3n) is 5.42. The third kappa shape index (κ3) is 5.84. The molecule has 0 N–H and O–H groups in total. The molecule has 1 saturated heterocycles. The first-order valence-corrected chi connectivity index (χ1v) is 10.6. The van der Waals surface area contributed by atoms with Crippen molar-refractivity contribution in [1.82, 2.24) is 19.9 Å². The highest BCUT2D eigenvalue weighted by Crippen LogP contribution is 2.31. The van der Waals surface area contributed by atoms with Crippen LogP contribution >= 0.6 is 0 Å². The molecule has 11 heteroatoms. The Labute approximate surface area is 193 Å². The SMILES string of the molecule is COc1ccc(-c2noc(CN3CCN(C(=O)COc4cccc(C(F)(F)F)c4)CC3)n2)cc1. The molecule has 1 aliphatic heterocycles. The molecule has 1 fully saturated rings. The van der Waals surface area contributed by atoms with Gasteiger partial charge in [0.15, 0.2) is 6.61 Å². The Morgan fingerprint density at radius 1 is 1.06 bits per heavy atom. The topological polar surface area (TPSA) is 80.9 Å². The van der Waals surface area contributed by atoms with Crippen molar-refractivity contribution in [3.05, 3.63) is 60.0 Å². The van der Waals surface area contributed by atoms with Crippen molar-refractivity contribution in [3.63, 3.8) is 0 Å². The Bertz CT molecular complexity index is 1110. The Kier molecular flexibility index (Phi) is 7.01. The Morgan fingerprint density at radius 2 is 1.79 bits per heavy atom. The zero-order valence-corrected chi connectivity index (χ0v) is 18.4. The highest BCUT2D eigenvalue weighted by molar-refractivity contribution is 5.77. The third-order valence-corrected chi connectivity index (χ3v) is 5.42. The molecule has 8 nitrogen and oxygen atoms in total. The average molecular weight is 476 g/mol. The van der Waals surface area contributed by atoms with E-state index >= 15 is 0 Å². The molecule has 1 aromatic heterocycles. The van der Waals surface area contributed by atoms with Crippen molar-refractivity contribution in [2.75, 3.05) is 39.9 Å². The van der Waals surface area contributed by atoms with Crippen LogP contribution in [0, 0.1) is 0 Å². The molecular weight excluding hydrogens is 453 g/mol. The van der Waals surface area contributed by atoms with E-state index in [1.807, 2.05) is 24.3 Å². The summed E-state index contributed by atoms with van der Waals surface area (Å²) < 4.78 is 54.2. The first-order chi connectivity index (χ1) is 16.3. The van der Waals surface area contributed by atoms with Gasteiger partial charge in [0.25, 0.3) is 5.91 Å². The van der Waals surface area contributed by atoms with E-state index in [0.29, 0.717) is 44.4 Å². The summed E-state index contributed by atoms with van der Waals surface area (Å²) in [6.45, 7) is 2.24. The molecule has 2 aromatic carbocycles. The standard InChI is InChI=1S/C23H23F3N4O4/c1-32-18-7-5-16(6-8-18)22-27-20(34-28-22)14-29-9-11-30(12-10-29)21(31)15-33-19-4-2-3-17(13-19)23(24,25)26/h2-8,13H,9-12,14-15H2,1H3. The summed E-state index contributed by atoms with van der Waals surface area (Å²) in [7, 11) is 1.60. The minimum Gasteiger partial charge on any atom is -0.497 e. The second-order valence-electron chi connectivity index (χ2n) is 7.71. The molecule has 2 heterocycles. The largest absolute Gasteiger partial charge is 0.497 e. The summed E-state index contributed by atoms with van der Waals surface area (Å²) in [5.41, 5.74) is -0.00535. The van der Waals surface area contributed by atoms with Crippen molar-refractivity contribution in [1.29, 1.82) is 0 Å². The van der Waals surface area contributed by atoms with Crippen LogP contribution in [0.25, 0.3) is 11.4 Å². The molecule has 0 spiro atoms. The molecule has 3 aromatic rings. The molecule has 0 unspecified atom stereocenters. The van der Waals surface area contributed by atoms with Gasteiger partial charge in [-0.25, -0.2) is 0 Å². The molecule has 0 aliphatic carbocycles. The van der Waals surface area contributed by atoms with E-state index in [9.17, 15) is 18.0 Å². The van der Waals surface area contributed by atoms with E-state index in [0.717, 1.165) is 23.4 Å². The number of piperazine rings is 1. The highest BCUT2D eigenvalue weighted by atomic mass is 19.4. The van der Waals surface area contributed by atoms with Gasteiger partial charge in [0.1, 0.15) is 11.5 Å². The van der Waals surface area contributed by atoms with Crippen LogP contribution in [0.3, 0.4) is 0 Å². The van der Waals surface area contributed by atoms with Crippen molar-refractivity contribution in [2.45, 2.75) is 12.7 Å². The maximum Gasteiger partial charge on any atom is 0.416 e. The number of alkyl halides is 3. The van der Waals surface area contributed by atoms with Gasteiger partial charge in [-0.2, -0.15) is 18.2 Å². The molecule has 180 valence electrons. The fourth-order valence-electron chi connectivity index (χ4n) is 3.52. The van der Waals surface area contributed by atoms with Crippen LogP contribution in [-0.2, 0) is 17.5 Å². The highest BCUT2D eigenvalue weighted by Gasteiger charge is 2.30. The number of methoxy groups -OCH3 is 1. The number of nitrogens with zero attached hydrogens (tertiary/aromatic N) is 4. The lowest BCUT2D eigenvalue weighted by Gasteiger charge is -2.33. The number of rotatable bonds is 7. The van der Waals surface area contributed by atoms with Gasteiger partial charge in [-0.15, -0.1) is 0 Å². The summed E-state index contributed by atoms with van der Waals surface area (Å²) >= 11 is 0. The minimum atomic E-state index is -4.46. The normalized spacial score (nSPS) is 14.8. The number of ether oxygens (including phenoxy) is 2. The van der Waals surface area contributed by atoms with Gasteiger partial charge in [0, 0.05) is 31.7 Å². The van der Waals surface area contributed by atoms with Gasteiger partial charge in [-0.05, 0) is 42.5 Å². The maximum absolute atomic E-state index is 12.8. The molecule has 0 bridgehead atoms. The second-order valence-corrected chi connectivity index (χ2v) is 7.71. The molecule has 4 rings (SSSR count). The van der Waals surface area contributed by atoms with E-state index in [4.69, 9.17) is 14.0 Å². The zero-order chi connectivity index (χ0) is 24.1. The van der Waals surface area contributed by atoms with Crippen LogP contribution in [-0.4, -0.2) is 65.7 Å². The van der Waals surface area contributed by atoms with E-state index in [1.54, 1.807) is 12.0 Å². The van der Waals surface area contributed by atoms with Gasteiger partial charge < -0.3 is 18.9 Å². The van der Waals surface area contributed by atoms with E-state index in [2.05, 4.69) is 15.0 Å². The predicted octanol–water partition coefficient (Wildman–Crippen LogP) is 3.49. The Balaban J connectivity index is 1.24. The van der Waals surface area contributed by atoms with Gasteiger partial charge in [-0.1, -0.05) is 11.2 Å². The number of aromatic nitrogens is 2. The summed E-state index contributed by atoms with van der Waals surface area (Å²) in [5.74, 6) is 1.42. The zero-order valence-electron chi connectivity index (χ0n) is 18.4. The molecule has 1 aliphatic rings. The average Bonchev–Trinajstić information content (AvgIpc) is 3.31. The summed E-state index contributed by atoms with van der Waals surface area (Å²) in [4.78, 5) is 20.6. The minimum absolute atomic E-state index is 0.00543. The Hall–Kier alpha value is -3.60. The lowest BCUT2D eigenvalue weighted by atomic mass is 10.2. The van der Waals surface area contributed by atoms with Crippen molar-refractivity contribution in [2.24, 2.45) is 0 Å². The van der Waals surface area contributed by atoms with Crippen LogP contribution < -0.4 is 9.47 Å². The van der Waals surface area contributed by atoms with Crippen LogP contribution in [0.15, 0.2) is 53.1 Å². The number of carbonyl (C=O) groups excluding carboxylic acids is 1. The quantitative estimate of drug-likeness (QED) is 0.517. The summed E-state index contributed by atoms with van der Waals surface area (Å²) in [6.07, 6.45) is -4.46. The van der Waals surface area contributed by atoms with E-state index < -0.39 is 11.7 Å². The van der Waals surface area contributed by atoms with Crippen LogP contribution in [0.2, 0.25) is 0 Å². The fraction of sp³-hybridized carbons (Fsp3) is 0.348. The Morgan fingerprint density at radius 3 is 2.47 bits per heavy atom. The van der Waals surface area contributed by atoms with Crippen LogP contribution in [0.1, 0.15) is 11.5 Å².